The Balaban J connectivity index is 1.27. The van der Waals surface area contributed by atoms with Crippen molar-refractivity contribution in [1.29, 1.82) is 0 Å². The van der Waals surface area contributed by atoms with Crippen molar-refractivity contribution in [2.75, 3.05) is 13.2 Å². The summed E-state index contributed by atoms with van der Waals surface area (Å²) in [5.41, 5.74) is 2.37. The maximum absolute atomic E-state index is 12.8. The van der Waals surface area contributed by atoms with Crippen molar-refractivity contribution in [2.45, 2.75) is 89.9 Å². The van der Waals surface area contributed by atoms with E-state index in [4.69, 9.17) is 18.9 Å². The van der Waals surface area contributed by atoms with Crippen LogP contribution in [-0.4, -0.2) is 37.1 Å². The molecule has 8 nitrogen and oxygen atoms in total. The van der Waals surface area contributed by atoms with Crippen molar-refractivity contribution in [3.05, 3.63) is 85.0 Å². The maximum Gasteiger partial charge on any atom is 0.330 e. The summed E-state index contributed by atoms with van der Waals surface area (Å²) < 4.78 is 21.3. The van der Waals surface area contributed by atoms with Gasteiger partial charge >= 0.3 is 23.9 Å². The minimum Gasteiger partial charge on any atom is -0.463 e. The summed E-state index contributed by atoms with van der Waals surface area (Å²) in [5.74, 6) is -0.632. The molecule has 248 valence electrons. The van der Waals surface area contributed by atoms with Gasteiger partial charge in [0.25, 0.3) is 0 Å². The number of aryl methyl sites for hydroxylation is 2. The standard InChI is InChI=1S/C38H48O8/c1-3-35(39)43-27-11-7-5-9-13-29-15-23-33(24-16-29)45-37(41)31-19-21-32(22-20-31)38(42)46-34-25-17-30(18-26-34)14-10-6-8-12-28-44-36(40)4-2/h3-4,15-18,23-26,31-32H,1-2,5-14,19-22,27-28H2. The van der Waals surface area contributed by atoms with Crippen molar-refractivity contribution in [3.8, 4) is 11.5 Å². The van der Waals surface area contributed by atoms with Gasteiger partial charge in [0, 0.05) is 12.2 Å². The largest absolute Gasteiger partial charge is 0.463 e. The molecule has 1 saturated carbocycles. The molecule has 0 aliphatic heterocycles. The lowest BCUT2D eigenvalue weighted by atomic mass is 9.82. The summed E-state index contributed by atoms with van der Waals surface area (Å²) in [6.45, 7) is 7.61. The smallest absolute Gasteiger partial charge is 0.330 e. The summed E-state index contributed by atoms with van der Waals surface area (Å²) in [6, 6.07) is 15.3. The topological polar surface area (TPSA) is 105 Å². The number of unbranched alkanes of at least 4 members (excludes halogenated alkanes) is 6. The summed E-state index contributed by atoms with van der Waals surface area (Å²) >= 11 is 0. The van der Waals surface area contributed by atoms with Gasteiger partial charge in [-0.05, 0) is 99.6 Å². The zero-order valence-electron chi connectivity index (χ0n) is 26.9. The highest BCUT2D eigenvalue weighted by Crippen LogP contribution is 2.31. The Hall–Kier alpha value is -4.20. The third kappa shape index (κ3) is 13.8. The molecule has 1 aliphatic carbocycles. The Morgan fingerprint density at radius 2 is 0.891 bits per heavy atom. The van der Waals surface area contributed by atoms with Crippen molar-refractivity contribution in [2.24, 2.45) is 11.8 Å². The SMILES string of the molecule is C=CC(=O)OCCCCCCc1ccc(OC(=O)C2CCC(C(=O)Oc3ccc(CCCCCCOC(=O)C=C)cc3)CC2)cc1. The highest BCUT2D eigenvalue weighted by molar-refractivity contribution is 5.81. The zero-order valence-corrected chi connectivity index (χ0v) is 26.9. The van der Waals surface area contributed by atoms with Crippen molar-refractivity contribution in [3.63, 3.8) is 0 Å². The molecule has 0 atom stereocenters. The van der Waals surface area contributed by atoms with Crippen LogP contribution in [0.15, 0.2) is 73.8 Å². The molecule has 0 spiro atoms. The molecule has 0 N–H and O–H groups in total. The molecule has 1 aliphatic rings. The van der Waals surface area contributed by atoms with Crippen LogP contribution in [0, 0.1) is 11.8 Å². The second-order valence-electron chi connectivity index (χ2n) is 11.8. The van der Waals surface area contributed by atoms with Gasteiger partial charge in [-0.1, -0.05) is 63.1 Å². The van der Waals surface area contributed by atoms with Crippen LogP contribution in [0.25, 0.3) is 0 Å². The van der Waals surface area contributed by atoms with Crippen LogP contribution in [0.1, 0.15) is 88.2 Å². The molecule has 0 aromatic heterocycles. The first-order valence-corrected chi connectivity index (χ1v) is 16.6. The zero-order chi connectivity index (χ0) is 33.0. The quantitative estimate of drug-likeness (QED) is 0.0634. The summed E-state index contributed by atoms with van der Waals surface area (Å²) in [6.07, 6.45) is 14.4. The third-order valence-electron chi connectivity index (χ3n) is 8.22. The number of ether oxygens (including phenoxy) is 4. The number of rotatable bonds is 20. The van der Waals surface area contributed by atoms with Crippen molar-refractivity contribution >= 4 is 23.9 Å². The van der Waals surface area contributed by atoms with Crippen LogP contribution in [0.3, 0.4) is 0 Å². The van der Waals surface area contributed by atoms with Gasteiger partial charge in [0.1, 0.15) is 11.5 Å². The van der Waals surface area contributed by atoms with E-state index in [1.807, 2.05) is 48.5 Å². The fraction of sp³-hybridized carbons (Fsp3) is 0.474. The van der Waals surface area contributed by atoms with E-state index in [-0.39, 0.29) is 35.7 Å². The van der Waals surface area contributed by atoms with Gasteiger partial charge < -0.3 is 18.9 Å². The Bertz CT molecular complexity index is 1160. The van der Waals surface area contributed by atoms with E-state index in [9.17, 15) is 19.2 Å². The Morgan fingerprint density at radius 3 is 1.24 bits per heavy atom. The first-order chi connectivity index (χ1) is 22.4. The molecule has 2 aromatic carbocycles. The number of benzene rings is 2. The minimum atomic E-state index is -0.379. The van der Waals surface area contributed by atoms with Gasteiger partial charge in [-0.25, -0.2) is 9.59 Å². The van der Waals surface area contributed by atoms with Crippen LogP contribution in [0.5, 0.6) is 11.5 Å². The van der Waals surface area contributed by atoms with E-state index in [2.05, 4.69) is 13.2 Å². The predicted octanol–water partition coefficient (Wildman–Crippen LogP) is 7.67. The van der Waals surface area contributed by atoms with Crippen LogP contribution in [0.4, 0.5) is 0 Å². The van der Waals surface area contributed by atoms with E-state index < -0.39 is 0 Å². The van der Waals surface area contributed by atoms with Crippen molar-refractivity contribution < 1.29 is 38.1 Å². The number of carbonyl (C=O) groups is 4. The lowest BCUT2D eigenvalue weighted by Gasteiger charge is -2.25. The molecule has 0 saturated heterocycles. The highest BCUT2D eigenvalue weighted by atomic mass is 16.5. The van der Waals surface area contributed by atoms with E-state index in [1.54, 1.807) is 0 Å². The van der Waals surface area contributed by atoms with Gasteiger partial charge in [0.05, 0.1) is 25.0 Å². The first kappa shape index (κ1) is 36.3. The molecule has 0 bridgehead atoms. The first-order valence-electron chi connectivity index (χ1n) is 16.6. The second-order valence-corrected chi connectivity index (χ2v) is 11.8. The van der Waals surface area contributed by atoms with Crippen molar-refractivity contribution in [1.82, 2.24) is 0 Å². The molecular weight excluding hydrogens is 584 g/mol. The van der Waals surface area contributed by atoms with Gasteiger partial charge in [-0.2, -0.15) is 0 Å². The molecule has 0 radical (unpaired) electrons. The lowest BCUT2D eigenvalue weighted by Crippen LogP contribution is -2.30. The van der Waals surface area contributed by atoms with Gasteiger partial charge in [0.2, 0.25) is 0 Å². The Morgan fingerprint density at radius 1 is 0.543 bits per heavy atom. The van der Waals surface area contributed by atoms with Crippen LogP contribution in [0.2, 0.25) is 0 Å². The highest BCUT2D eigenvalue weighted by Gasteiger charge is 2.32. The van der Waals surface area contributed by atoms with Crippen LogP contribution in [-0.2, 0) is 41.5 Å². The Labute approximate surface area is 273 Å². The molecule has 3 rings (SSSR count). The number of hydrogen-bond donors (Lipinski definition) is 0. The minimum absolute atomic E-state index is 0.226. The molecule has 0 amide bonds. The average molecular weight is 633 g/mol. The van der Waals surface area contributed by atoms with E-state index >= 15 is 0 Å². The molecule has 0 unspecified atom stereocenters. The molecule has 8 heteroatoms. The summed E-state index contributed by atoms with van der Waals surface area (Å²) in [4.78, 5) is 47.6. The summed E-state index contributed by atoms with van der Waals surface area (Å²) in [5, 5.41) is 0. The average Bonchev–Trinajstić information content (AvgIpc) is 3.08. The van der Waals surface area contributed by atoms with Gasteiger partial charge in [-0.3, -0.25) is 9.59 Å². The third-order valence-corrected chi connectivity index (χ3v) is 8.22. The molecule has 0 heterocycles. The predicted molar refractivity (Wildman–Crippen MR) is 176 cm³/mol. The maximum atomic E-state index is 12.8. The van der Waals surface area contributed by atoms with E-state index in [0.717, 1.165) is 64.2 Å². The number of esters is 4. The van der Waals surface area contributed by atoms with E-state index in [1.165, 1.54) is 23.3 Å². The number of carbonyl (C=O) groups excluding carboxylic acids is 4. The fourth-order valence-electron chi connectivity index (χ4n) is 5.44. The van der Waals surface area contributed by atoms with Crippen LogP contribution < -0.4 is 9.47 Å². The van der Waals surface area contributed by atoms with E-state index in [0.29, 0.717) is 50.4 Å². The van der Waals surface area contributed by atoms with Gasteiger partial charge in [0.15, 0.2) is 0 Å². The normalized spacial score (nSPS) is 15.7. The molecule has 1 fully saturated rings. The molecule has 46 heavy (non-hydrogen) atoms. The molecular formula is C38H48O8. The summed E-state index contributed by atoms with van der Waals surface area (Å²) in [7, 11) is 0. The van der Waals surface area contributed by atoms with Crippen LogP contribution >= 0.6 is 0 Å². The monoisotopic (exact) mass is 632 g/mol. The number of hydrogen-bond acceptors (Lipinski definition) is 8. The fourth-order valence-corrected chi connectivity index (χ4v) is 5.44. The lowest BCUT2D eigenvalue weighted by molar-refractivity contribution is -0.145. The molecule has 2 aromatic rings. The Kier molecular flexibility index (Phi) is 16.4. The van der Waals surface area contributed by atoms with Gasteiger partial charge in [-0.15, -0.1) is 0 Å². The second kappa shape index (κ2) is 20.8.